The number of aromatic nitrogens is 2. The van der Waals surface area contributed by atoms with Gasteiger partial charge in [-0.05, 0) is 60.4 Å². The normalized spacial score (nSPS) is 11.1. The van der Waals surface area contributed by atoms with E-state index >= 15 is 0 Å². The predicted molar refractivity (Wildman–Crippen MR) is 135 cm³/mol. The van der Waals surface area contributed by atoms with E-state index < -0.39 is 0 Å². The molecule has 0 bridgehead atoms. The molecule has 170 valence electrons. The van der Waals surface area contributed by atoms with Gasteiger partial charge in [0.15, 0.2) is 18.1 Å². The van der Waals surface area contributed by atoms with Crippen LogP contribution in [0.4, 0.5) is 5.69 Å². The molecule has 4 rings (SSSR count). The Morgan fingerprint density at radius 3 is 2.76 bits per heavy atom. The van der Waals surface area contributed by atoms with Crippen molar-refractivity contribution in [1.29, 1.82) is 5.26 Å². The van der Waals surface area contributed by atoms with Gasteiger partial charge in [0.05, 0.1) is 23.7 Å². The van der Waals surface area contributed by atoms with E-state index in [1.807, 2.05) is 54.8 Å². The van der Waals surface area contributed by atoms with Crippen molar-refractivity contribution >= 4 is 46.0 Å². The summed E-state index contributed by atoms with van der Waals surface area (Å²) in [6.07, 6.45) is 3.70. The number of carbonyl (C=O) groups excluding carboxylic acids is 1. The maximum Gasteiger partial charge on any atom is 0.262 e. The van der Waals surface area contributed by atoms with Gasteiger partial charge in [-0.2, -0.15) is 5.26 Å². The van der Waals surface area contributed by atoms with Crippen LogP contribution >= 0.6 is 11.8 Å². The number of aromatic amines is 1. The van der Waals surface area contributed by atoms with Crippen LogP contribution in [0, 0.1) is 11.3 Å². The largest absolute Gasteiger partial charge is 0.493 e. The van der Waals surface area contributed by atoms with Crippen LogP contribution < -0.4 is 14.8 Å². The Hall–Kier alpha value is -4.22. The number of methoxy groups -OCH3 is 1. The highest BCUT2D eigenvalue weighted by Gasteiger charge is 2.11. The third-order valence-corrected chi connectivity index (χ3v) is 5.70. The van der Waals surface area contributed by atoms with Crippen LogP contribution in [0.25, 0.3) is 22.7 Å². The number of rotatable bonds is 8. The number of ether oxygens (including phenoxy) is 2. The van der Waals surface area contributed by atoms with Gasteiger partial charge >= 0.3 is 0 Å². The van der Waals surface area contributed by atoms with E-state index in [0.717, 1.165) is 21.5 Å². The lowest BCUT2D eigenvalue weighted by Gasteiger charge is -2.12. The van der Waals surface area contributed by atoms with Gasteiger partial charge in [0, 0.05) is 10.6 Å². The molecule has 8 heteroatoms. The van der Waals surface area contributed by atoms with Crippen LogP contribution in [-0.4, -0.2) is 35.8 Å². The Balaban J connectivity index is 1.47. The molecule has 0 atom stereocenters. The molecule has 0 spiro atoms. The molecule has 3 aromatic carbocycles. The number of imidazole rings is 1. The molecule has 1 aromatic heterocycles. The van der Waals surface area contributed by atoms with Crippen molar-refractivity contribution in [3.05, 3.63) is 78.1 Å². The molecule has 4 aromatic rings. The van der Waals surface area contributed by atoms with Gasteiger partial charge in [-0.15, -0.1) is 11.8 Å². The number of benzene rings is 3. The average Bonchev–Trinajstić information content (AvgIpc) is 3.30. The zero-order valence-electron chi connectivity index (χ0n) is 18.7. The second-order valence-corrected chi connectivity index (χ2v) is 8.13. The minimum atomic E-state index is -0.277. The van der Waals surface area contributed by atoms with Gasteiger partial charge in [0.2, 0.25) is 0 Å². The summed E-state index contributed by atoms with van der Waals surface area (Å²) >= 11 is 1.60. The zero-order valence-corrected chi connectivity index (χ0v) is 19.5. The minimum absolute atomic E-state index is 0.169. The quantitative estimate of drug-likeness (QED) is 0.265. The Bertz CT molecular complexity index is 1370. The Kier molecular flexibility index (Phi) is 7.16. The number of thioether (sulfide) groups is 1. The van der Waals surface area contributed by atoms with E-state index in [4.69, 9.17) is 9.47 Å². The van der Waals surface area contributed by atoms with E-state index in [-0.39, 0.29) is 12.5 Å². The summed E-state index contributed by atoms with van der Waals surface area (Å²) in [5.41, 5.74) is 3.48. The lowest BCUT2D eigenvalue weighted by Crippen LogP contribution is -2.20. The summed E-state index contributed by atoms with van der Waals surface area (Å²) < 4.78 is 11.1. The topological polar surface area (TPSA) is 100 Å². The first-order valence-corrected chi connectivity index (χ1v) is 11.6. The predicted octanol–water partition coefficient (Wildman–Crippen LogP) is 5.38. The number of nitrogens with one attached hydrogen (secondary N) is 2. The molecule has 0 aliphatic carbocycles. The van der Waals surface area contributed by atoms with Gasteiger partial charge < -0.3 is 19.8 Å². The number of nitriles is 1. The fourth-order valence-corrected chi connectivity index (χ4v) is 3.79. The third-order valence-electron chi connectivity index (χ3n) is 4.98. The molecule has 0 fully saturated rings. The van der Waals surface area contributed by atoms with Crippen molar-refractivity contribution in [2.75, 3.05) is 25.3 Å². The molecular formula is C26H22N4O3S. The van der Waals surface area contributed by atoms with E-state index in [2.05, 4.69) is 21.4 Å². The molecule has 34 heavy (non-hydrogen) atoms. The van der Waals surface area contributed by atoms with Crippen molar-refractivity contribution in [2.24, 2.45) is 0 Å². The maximum absolute atomic E-state index is 12.3. The fraction of sp³-hybridized carbons (Fsp3) is 0.115. The SMILES string of the molecule is COc1cc(/C=C(\C#N)c2nc3ccccc3[nH]2)ccc1OCC(=O)Nc1cccc(SC)c1. The van der Waals surface area contributed by atoms with Gasteiger partial charge in [-0.3, -0.25) is 4.79 Å². The molecule has 0 unspecified atom stereocenters. The summed E-state index contributed by atoms with van der Waals surface area (Å²) in [7, 11) is 1.52. The fourth-order valence-electron chi connectivity index (χ4n) is 3.34. The zero-order chi connectivity index (χ0) is 23.9. The number of hydrogen-bond donors (Lipinski definition) is 2. The molecule has 1 heterocycles. The highest BCUT2D eigenvalue weighted by atomic mass is 32.2. The van der Waals surface area contributed by atoms with Crippen LogP contribution in [0.3, 0.4) is 0 Å². The smallest absolute Gasteiger partial charge is 0.262 e. The second-order valence-electron chi connectivity index (χ2n) is 7.25. The minimum Gasteiger partial charge on any atom is -0.493 e. The van der Waals surface area contributed by atoms with E-state index in [0.29, 0.717) is 28.6 Å². The number of para-hydroxylation sites is 2. The summed E-state index contributed by atoms with van der Waals surface area (Å²) in [4.78, 5) is 21.0. The molecule has 7 nitrogen and oxygen atoms in total. The van der Waals surface area contributed by atoms with Crippen molar-refractivity contribution in [2.45, 2.75) is 4.90 Å². The van der Waals surface area contributed by atoms with Crippen molar-refractivity contribution in [3.63, 3.8) is 0 Å². The van der Waals surface area contributed by atoms with Crippen molar-refractivity contribution in [1.82, 2.24) is 9.97 Å². The number of hydrogen-bond acceptors (Lipinski definition) is 6. The summed E-state index contributed by atoms with van der Waals surface area (Å²) in [5, 5.41) is 12.5. The molecule has 0 aliphatic rings. The van der Waals surface area contributed by atoms with E-state index in [1.54, 1.807) is 36.0 Å². The Morgan fingerprint density at radius 2 is 2.00 bits per heavy atom. The molecule has 0 aliphatic heterocycles. The van der Waals surface area contributed by atoms with Crippen LogP contribution in [-0.2, 0) is 4.79 Å². The van der Waals surface area contributed by atoms with Gasteiger partial charge in [0.25, 0.3) is 5.91 Å². The maximum atomic E-state index is 12.3. The van der Waals surface area contributed by atoms with E-state index in [9.17, 15) is 10.1 Å². The highest BCUT2D eigenvalue weighted by Crippen LogP contribution is 2.30. The number of nitrogens with zero attached hydrogens (tertiary/aromatic N) is 2. The van der Waals surface area contributed by atoms with Crippen LogP contribution in [0.15, 0.2) is 71.6 Å². The van der Waals surface area contributed by atoms with Crippen LogP contribution in [0.5, 0.6) is 11.5 Å². The third kappa shape index (κ3) is 5.39. The van der Waals surface area contributed by atoms with Crippen LogP contribution in [0.2, 0.25) is 0 Å². The summed E-state index contributed by atoms with van der Waals surface area (Å²) in [6, 6.07) is 22.6. The first-order valence-electron chi connectivity index (χ1n) is 10.4. The first kappa shape index (κ1) is 23.0. The van der Waals surface area contributed by atoms with Gasteiger partial charge in [0.1, 0.15) is 11.9 Å². The van der Waals surface area contributed by atoms with Crippen LogP contribution in [0.1, 0.15) is 11.4 Å². The molecular weight excluding hydrogens is 448 g/mol. The number of fused-ring (bicyclic) bond motifs is 1. The lowest BCUT2D eigenvalue weighted by molar-refractivity contribution is -0.118. The summed E-state index contributed by atoms with van der Waals surface area (Å²) in [6.45, 7) is -0.169. The molecule has 0 radical (unpaired) electrons. The monoisotopic (exact) mass is 470 g/mol. The first-order chi connectivity index (χ1) is 16.6. The highest BCUT2D eigenvalue weighted by molar-refractivity contribution is 7.98. The van der Waals surface area contributed by atoms with Crippen molar-refractivity contribution in [3.8, 4) is 17.6 Å². The molecule has 0 saturated heterocycles. The average molecular weight is 471 g/mol. The number of amides is 1. The molecule has 1 amide bonds. The second kappa shape index (κ2) is 10.6. The van der Waals surface area contributed by atoms with Gasteiger partial charge in [-0.1, -0.05) is 24.3 Å². The summed E-state index contributed by atoms with van der Waals surface area (Å²) in [5.74, 6) is 1.09. The number of anilines is 1. The number of carbonyl (C=O) groups is 1. The van der Waals surface area contributed by atoms with Crippen molar-refractivity contribution < 1.29 is 14.3 Å². The van der Waals surface area contributed by atoms with Gasteiger partial charge in [-0.25, -0.2) is 4.98 Å². The standard InChI is InChI=1S/C26H22N4O3S/c1-32-24-13-17(12-18(15-27)26-29-21-8-3-4-9-22(21)30-26)10-11-23(24)33-16-25(31)28-19-6-5-7-20(14-19)34-2/h3-14H,16H2,1-2H3,(H,28,31)(H,29,30)/b18-12+. The van der Waals surface area contributed by atoms with E-state index in [1.165, 1.54) is 7.11 Å². The Labute approximate surface area is 201 Å². The molecule has 2 N–H and O–H groups in total. The number of allylic oxidation sites excluding steroid dienone is 1. The number of H-pyrrole nitrogens is 1. The lowest BCUT2D eigenvalue weighted by atomic mass is 10.1. The Morgan fingerprint density at radius 1 is 1.15 bits per heavy atom. The molecule has 0 saturated carbocycles.